The molecule has 9 heteroatoms. The van der Waals surface area contributed by atoms with Crippen LogP contribution in [-0.4, -0.2) is 44.7 Å². The summed E-state index contributed by atoms with van der Waals surface area (Å²) in [6.45, 7) is 8.22. The highest BCUT2D eigenvalue weighted by Gasteiger charge is 2.63. The molecule has 3 rings (SSSR count). The molecule has 1 heterocycles. The minimum Gasteiger partial charge on any atom is -0.469 e. The monoisotopic (exact) mass is 501 g/mol. The summed E-state index contributed by atoms with van der Waals surface area (Å²) < 4.78 is 17.3. The van der Waals surface area contributed by atoms with Crippen molar-refractivity contribution in [2.45, 2.75) is 64.8 Å². The number of amides is 3. The summed E-state index contributed by atoms with van der Waals surface area (Å²) in [5, 5.41) is 19.6. The Bertz CT molecular complexity index is 1040. The van der Waals surface area contributed by atoms with Crippen LogP contribution in [0.4, 0.5) is 4.79 Å². The lowest BCUT2D eigenvalue weighted by Crippen LogP contribution is -2.74. The molecular formula is C26H34N2O6P+. The van der Waals surface area contributed by atoms with Gasteiger partial charge in [0, 0.05) is 6.54 Å². The molecule has 8 nitrogen and oxygen atoms in total. The van der Waals surface area contributed by atoms with E-state index in [1.54, 1.807) is 4.90 Å². The maximum absolute atomic E-state index is 13.7. The Morgan fingerprint density at radius 1 is 1.11 bits per heavy atom. The number of β-lactam (4-membered cyclic amide) rings is 1. The van der Waals surface area contributed by atoms with Crippen LogP contribution < -0.4 is 4.74 Å². The van der Waals surface area contributed by atoms with Crippen molar-refractivity contribution in [3.05, 3.63) is 65.7 Å². The molecule has 2 N–H and O–H groups in total. The van der Waals surface area contributed by atoms with E-state index in [0.29, 0.717) is 25.1 Å². The van der Waals surface area contributed by atoms with E-state index in [0.717, 1.165) is 12.0 Å². The zero-order valence-corrected chi connectivity index (χ0v) is 21.6. The van der Waals surface area contributed by atoms with E-state index >= 15 is 0 Å². The molecule has 0 radical (unpaired) electrons. The van der Waals surface area contributed by atoms with Gasteiger partial charge in [-0.15, -0.1) is 0 Å². The third-order valence-electron chi connectivity index (χ3n) is 6.93. The summed E-state index contributed by atoms with van der Waals surface area (Å²) in [5.41, 5.74) is -2.25. The quantitative estimate of drug-likeness (QED) is 0.276. The van der Waals surface area contributed by atoms with Crippen LogP contribution in [0, 0.1) is 5.41 Å². The molecule has 1 aliphatic rings. The number of ether oxygens (including phenoxy) is 1. The van der Waals surface area contributed by atoms with Crippen LogP contribution in [0.3, 0.4) is 0 Å². The van der Waals surface area contributed by atoms with Crippen molar-refractivity contribution in [3.63, 3.8) is 0 Å². The zero-order chi connectivity index (χ0) is 25.8. The highest BCUT2D eigenvalue weighted by atomic mass is 31.1. The number of likely N-dealkylation sites (tertiary alicyclic amines) is 1. The third-order valence-corrected chi connectivity index (χ3v) is 7.50. The molecule has 0 spiro atoms. The molecule has 1 unspecified atom stereocenters. The van der Waals surface area contributed by atoms with Gasteiger partial charge in [-0.3, -0.25) is 4.79 Å². The van der Waals surface area contributed by atoms with E-state index in [1.807, 2.05) is 58.0 Å². The number of imide groups is 1. The summed E-state index contributed by atoms with van der Waals surface area (Å²) in [7, 11) is -1.35. The fourth-order valence-electron chi connectivity index (χ4n) is 4.59. The molecule has 1 saturated heterocycles. The average molecular weight is 502 g/mol. The van der Waals surface area contributed by atoms with E-state index in [1.165, 1.54) is 29.2 Å². The molecular weight excluding hydrogens is 467 g/mol. The minimum absolute atomic E-state index is 0.0545. The molecule has 0 aromatic heterocycles. The van der Waals surface area contributed by atoms with Crippen LogP contribution in [0.2, 0.25) is 0 Å². The Morgan fingerprint density at radius 2 is 1.71 bits per heavy atom. The normalized spacial score (nSPS) is 18.2. The lowest BCUT2D eigenvalue weighted by molar-refractivity contribution is -0.192. The number of carbonyl (C=O) groups excluding carboxylic acids is 2. The van der Waals surface area contributed by atoms with E-state index in [4.69, 9.17) is 4.74 Å². The molecule has 2 aromatic rings. The maximum Gasteiger partial charge on any atom is 0.396 e. The molecule has 188 valence electrons. The van der Waals surface area contributed by atoms with Crippen molar-refractivity contribution < 1.29 is 29.1 Å². The summed E-state index contributed by atoms with van der Waals surface area (Å²) in [5.74, 6) is 0.103. The van der Waals surface area contributed by atoms with Gasteiger partial charge in [-0.25, -0.2) is 9.69 Å². The smallest absolute Gasteiger partial charge is 0.396 e. The number of aliphatic hydroxyl groups is 2. The first-order chi connectivity index (χ1) is 16.7. The fourth-order valence-corrected chi connectivity index (χ4v) is 4.87. The van der Waals surface area contributed by atoms with Gasteiger partial charge in [-0.2, -0.15) is 0 Å². The van der Waals surface area contributed by atoms with Gasteiger partial charge in [-0.1, -0.05) is 55.7 Å². The van der Waals surface area contributed by atoms with Crippen LogP contribution >= 0.6 is 8.46 Å². The third kappa shape index (κ3) is 4.96. The lowest BCUT2D eigenvalue weighted by atomic mass is 9.72. The van der Waals surface area contributed by atoms with Crippen LogP contribution in [0.1, 0.15) is 64.1 Å². The summed E-state index contributed by atoms with van der Waals surface area (Å²) in [4.78, 5) is 30.0. The number of urea groups is 1. The fraction of sp³-hybridized carbons (Fsp3) is 0.462. The van der Waals surface area contributed by atoms with Gasteiger partial charge >= 0.3 is 20.0 Å². The topological polar surface area (TPSA) is 107 Å². The van der Waals surface area contributed by atoms with Gasteiger partial charge in [0.25, 0.3) is 0 Å². The van der Waals surface area contributed by atoms with Crippen molar-refractivity contribution >= 4 is 20.4 Å². The average Bonchev–Trinajstić information content (AvgIpc) is 2.88. The second kappa shape index (κ2) is 10.9. The summed E-state index contributed by atoms with van der Waals surface area (Å²) in [6.07, 6.45) is 0.935. The molecule has 2 aromatic carbocycles. The van der Waals surface area contributed by atoms with Crippen molar-refractivity contribution in [2.75, 3.05) is 6.54 Å². The van der Waals surface area contributed by atoms with E-state index in [9.17, 15) is 24.4 Å². The van der Waals surface area contributed by atoms with Gasteiger partial charge in [-0.05, 0) is 56.0 Å². The highest BCUT2D eigenvalue weighted by Crippen LogP contribution is 2.47. The second-order valence-electron chi connectivity index (χ2n) is 8.87. The first kappa shape index (κ1) is 26.8. The van der Waals surface area contributed by atoms with Gasteiger partial charge in [0.2, 0.25) is 5.91 Å². The SMILES string of the molecule is CCCN(C(=O)N1C(=O)C(CC)(CC)[C@@H]1Oc1ccc(C(O)(O)[PH+]=O)cc1)[C@H](C)c1ccccc1. The summed E-state index contributed by atoms with van der Waals surface area (Å²) >= 11 is 0. The van der Waals surface area contributed by atoms with Crippen molar-refractivity contribution in [1.82, 2.24) is 9.80 Å². The van der Waals surface area contributed by atoms with E-state index < -0.39 is 31.7 Å². The molecule has 1 fully saturated rings. The highest BCUT2D eigenvalue weighted by molar-refractivity contribution is 7.24. The van der Waals surface area contributed by atoms with Gasteiger partial charge in [0.1, 0.15) is 11.2 Å². The predicted octanol–water partition coefficient (Wildman–Crippen LogP) is 4.75. The maximum atomic E-state index is 13.7. The minimum atomic E-state index is -2.45. The molecule has 35 heavy (non-hydrogen) atoms. The molecule has 0 saturated carbocycles. The Kier molecular flexibility index (Phi) is 8.31. The second-order valence-corrected chi connectivity index (χ2v) is 9.77. The molecule has 0 aliphatic carbocycles. The molecule has 1 aliphatic heterocycles. The van der Waals surface area contributed by atoms with Crippen molar-refractivity contribution in [2.24, 2.45) is 5.41 Å². The predicted molar refractivity (Wildman–Crippen MR) is 133 cm³/mol. The summed E-state index contributed by atoms with van der Waals surface area (Å²) in [6, 6.07) is 14.9. The first-order valence-electron chi connectivity index (χ1n) is 12.0. The zero-order valence-electron chi connectivity index (χ0n) is 20.6. The molecule has 3 atom stereocenters. The van der Waals surface area contributed by atoms with Crippen LogP contribution in [-0.2, 0) is 14.9 Å². The van der Waals surface area contributed by atoms with E-state index in [2.05, 4.69) is 0 Å². The number of nitrogens with zero attached hydrogens (tertiary/aromatic N) is 2. The largest absolute Gasteiger partial charge is 0.469 e. The number of hydrogen-bond donors (Lipinski definition) is 2. The van der Waals surface area contributed by atoms with Crippen molar-refractivity contribution in [1.29, 1.82) is 0 Å². The van der Waals surface area contributed by atoms with Crippen molar-refractivity contribution in [3.8, 4) is 5.75 Å². The molecule has 3 amide bonds. The van der Waals surface area contributed by atoms with Gasteiger partial charge in [0.05, 0.1) is 11.6 Å². The Morgan fingerprint density at radius 3 is 2.23 bits per heavy atom. The van der Waals surface area contributed by atoms with Crippen LogP contribution in [0.5, 0.6) is 5.75 Å². The number of rotatable bonds is 10. The van der Waals surface area contributed by atoms with Crippen LogP contribution in [0.15, 0.2) is 54.6 Å². The van der Waals surface area contributed by atoms with E-state index in [-0.39, 0.29) is 17.5 Å². The Hall–Kier alpha value is -2.80. The van der Waals surface area contributed by atoms with Gasteiger partial charge < -0.3 is 19.8 Å². The van der Waals surface area contributed by atoms with Crippen LogP contribution in [0.25, 0.3) is 0 Å². The first-order valence-corrected chi connectivity index (χ1v) is 12.9. The van der Waals surface area contributed by atoms with Gasteiger partial charge in [0.15, 0.2) is 6.23 Å². The Balaban J connectivity index is 1.91. The number of hydrogen-bond acceptors (Lipinski definition) is 6. The standard InChI is InChI=1S/C26H33N2O6P/c1-5-17-27(18(4)19-11-9-8-10-12-19)24(30)28-22(29)25(6-2,7-3)23(28)34-21-15-13-20(14-16-21)26(31,32)35-33/h8-16,18,23,31-32H,5-7,17H2,1-4H3/p+1/t18-,23+/m1/s1. The number of carbonyl (C=O) groups is 2. The molecule has 0 bridgehead atoms. The number of benzene rings is 2. The lowest BCUT2D eigenvalue weighted by Gasteiger charge is -2.54. The Labute approximate surface area is 207 Å².